The van der Waals surface area contributed by atoms with Gasteiger partial charge in [0.15, 0.2) is 0 Å². The zero-order valence-corrected chi connectivity index (χ0v) is 13.5. The Balaban J connectivity index is 2.03. The van der Waals surface area contributed by atoms with E-state index in [1.54, 1.807) is 0 Å². The summed E-state index contributed by atoms with van der Waals surface area (Å²) in [5.41, 5.74) is 0.301. The number of hydrogen-bond acceptors (Lipinski definition) is 4. The second kappa shape index (κ2) is 7.07. The molecular formula is C15H20ClN3O3. The van der Waals surface area contributed by atoms with Crippen molar-refractivity contribution < 1.29 is 9.72 Å². The summed E-state index contributed by atoms with van der Waals surface area (Å²) in [5.74, 6) is 0.441. The van der Waals surface area contributed by atoms with Crippen molar-refractivity contribution in [2.75, 3.05) is 18.4 Å². The van der Waals surface area contributed by atoms with Gasteiger partial charge in [-0.25, -0.2) is 0 Å². The van der Waals surface area contributed by atoms with Crippen molar-refractivity contribution in [1.82, 2.24) is 4.90 Å². The first-order valence-electron chi connectivity index (χ1n) is 7.37. The molecule has 0 bridgehead atoms. The fraction of sp³-hybridized carbons (Fsp3) is 0.533. The van der Waals surface area contributed by atoms with Crippen LogP contribution in [-0.2, 0) is 4.79 Å². The number of benzene rings is 1. The summed E-state index contributed by atoms with van der Waals surface area (Å²) in [6.45, 7) is 5.87. The van der Waals surface area contributed by atoms with Crippen molar-refractivity contribution in [2.45, 2.75) is 32.7 Å². The second-order valence-electron chi connectivity index (χ2n) is 5.83. The smallest absolute Gasteiger partial charge is 0.271 e. The Morgan fingerprint density at radius 1 is 1.55 bits per heavy atom. The van der Waals surface area contributed by atoms with Gasteiger partial charge in [0.25, 0.3) is 5.69 Å². The van der Waals surface area contributed by atoms with Gasteiger partial charge in [0.05, 0.1) is 21.7 Å². The van der Waals surface area contributed by atoms with E-state index in [2.05, 4.69) is 17.1 Å². The van der Waals surface area contributed by atoms with E-state index in [4.69, 9.17) is 11.6 Å². The van der Waals surface area contributed by atoms with Gasteiger partial charge in [-0.3, -0.25) is 19.8 Å². The van der Waals surface area contributed by atoms with Gasteiger partial charge in [-0.2, -0.15) is 0 Å². The summed E-state index contributed by atoms with van der Waals surface area (Å²) >= 11 is 6.00. The third kappa shape index (κ3) is 3.96. The van der Waals surface area contributed by atoms with Gasteiger partial charge in [-0.1, -0.05) is 18.5 Å². The number of piperidine rings is 1. The minimum Gasteiger partial charge on any atom is -0.323 e. The quantitative estimate of drug-likeness (QED) is 0.680. The first kappa shape index (κ1) is 16.7. The summed E-state index contributed by atoms with van der Waals surface area (Å²) in [6.07, 6.45) is 2.29. The standard InChI is InChI=1S/C15H20ClN3O3/c1-10-4-3-7-18(9-10)11(2)15(20)17-14-6-5-12(19(21)22)8-13(14)16/h5-6,8,10-11H,3-4,7,9H2,1-2H3,(H,17,20). The molecule has 1 aliphatic rings. The van der Waals surface area contributed by atoms with Gasteiger partial charge in [-0.05, 0) is 38.3 Å². The van der Waals surface area contributed by atoms with Crippen LogP contribution < -0.4 is 5.32 Å². The van der Waals surface area contributed by atoms with E-state index < -0.39 is 4.92 Å². The predicted molar refractivity (Wildman–Crippen MR) is 86.2 cm³/mol. The number of halogens is 1. The Bertz CT molecular complexity index is 579. The third-order valence-corrected chi connectivity index (χ3v) is 4.35. The highest BCUT2D eigenvalue weighted by Gasteiger charge is 2.26. The highest BCUT2D eigenvalue weighted by molar-refractivity contribution is 6.34. The van der Waals surface area contributed by atoms with Crippen molar-refractivity contribution in [1.29, 1.82) is 0 Å². The number of rotatable bonds is 4. The molecule has 1 fully saturated rings. The van der Waals surface area contributed by atoms with E-state index in [1.165, 1.54) is 24.6 Å². The number of nitrogens with one attached hydrogen (secondary N) is 1. The minimum atomic E-state index is -0.519. The maximum atomic E-state index is 12.3. The Hall–Kier alpha value is -1.66. The molecule has 0 aromatic heterocycles. The molecule has 1 saturated heterocycles. The van der Waals surface area contributed by atoms with Crippen LogP contribution in [0.15, 0.2) is 18.2 Å². The average Bonchev–Trinajstić information content (AvgIpc) is 2.48. The molecule has 0 saturated carbocycles. The van der Waals surface area contributed by atoms with E-state index >= 15 is 0 Å². The molecule has 120 valence electrons. The van der Waals surface area contributed by atoms with Crippen LogP contribution in [0, 0.1) is 16.0 Å². The fourth-order valence-electron chi connectivity index (χ4n) is 2.70. The van der Waals surface area contributed by atoms with Crippen molar-refractivity contribution in [3.63, 3.8) is 0 Å². The molecule has 1 heterocycles. The first-order valence-corrected chi connectivity index (χ1v) is 7.75. The molecule has 22 heavy (non-hydrogen) atoms. The van der Waals surface area contributed by atoms with Gasteiger partial charge < -0.3 is 5.32 Å². The molecule has 7 heteroatoms. The molecule has 1 amide bonds. The number of non-ortho nitro benzene ring substituents is 1. The summed E-state index contributed by atoms with van der Waals surface area (Å²) < 4.78 is 0. The number of carbonyl (C=O) groups is 1. The van der Waals surface area contributed by atoms with E-state index in [-0.39, 0.29) is 22.7 Å². The highest BCUT2D eigenvalue weighted by Crippen LogP contribution is 2.27. The maximum absolute atomic E-state index is 12.3. The average molecular weight is 326 g/mol. The Morgan fingerprint density at radius 2 is 2.27 bits per heavy atom. The Kier molecular flexibility index (Phi) is 5.37. The van der Waals surface area contributed by atoms with Crippen LogP contribution in [0.3, 0.4) is 0 Å². The summed E-state index contributed by atoms with van der Waals surface area (Å²) in [5, 5.41) is 13.6. The number of nitro groups is 1. The molecule has 6 nitrogen and oxygen atoms in total. The van der Waals surface area contributed by atoms with Gasteiger partial charge >= 0.3 is 0 Å². The fourth-order valence-corrected chi connectivity index (χ4v) is 2.92. The Morgan fingerprint density at radius 3 is 2.86 bits per heavy atom. The van der Waals surface area contributed by atoms with Crippen LogP contribution in [0.2, 0.25) is 5.02 Å². The maximum Gasteiger partial charge on any atom is 0.271 e. The van der Waals surface area contributed by atoms with Crippen LogP contribution in [-0.4, -0.2) is 34.9 Å². The van der Waals surface area contributed by atoms with Gasteiger partial charge in [0.1, 0.15) is 0 Å². The summed E-state index contributed by atoms with van der Waals surface area (Å²) in [4.78, 5) is 24.7. The molecule has 1 aromatic carbocycles. The van der Waals surface area contributed by atoms with E-state index in [0.29, 0.717) is 11.6 Å². The monoisotopic (exact) mass is 325 g/mol. The van der Waals surface area contributed by atoms with Crippen LogP contribution in [0.25, 0.3) is 0 Å². The molecule has 1 aromatic rings. The molecule has 1 N–H and O–H groups in total. The van der Waals surface area contributed by atoms with E-state index in [1.807, 2.05) is 6.92 Å². The molecular weight excluding hydrogens is 306 g/mol. The zero-order chi connectivity index (χ0) is 16.3. The number of nitro benzene ring substituents is 1. The van der Waals surface area contributed by atoms with Crippen LogP contribution in [0.5, 0.6) is 0 Å². The molecule has 0 spiro atoms. The van der Waals surface area contributed by atoms with Crippen LogP contribution in [0.4, 0.5) is 11.4 Å². The number of carbonyl (C=O) groups excluding carboxylic acids is 1. The number of amides is 1. The molecule has 2 unspecified atom stereocenters. The van der Waals surface area contributed by atoms with Gasteiger partial charge in [-0.15, -0.1) is 0 Å². The second-order valence-corrected chi connectivity index (χ2v) is 6.24. The number of hydrogen-bond donors (Lipinski definition) is 1. The lowest BCUT2D eigenvalue weighted by molar-refractivity contribution is -0.384. The molecule has 2 rings (SSSR count). The van der Waals surface area contributed by atoms with Gasteiger partial charge in [0, 0.05) is 18.7 Å². The first-order chi connectivity index (χ1) is 10.4. The minimum absolute atomic E-state index is 0.0964. The number of nitrogens with zero attached hydrogens (tertiary/aromatic N) is 2. The molecule has 0 radical (unpaired) electrons. The largest absolute Gasteiger partial charge is 0.323 e. The third-order valence-electron chi connectivity index (χ3n) is 4.04. The zero-order valence-electron chi connectivity index (χ0n) is 12.7. The SMILES string of the molecule is CC1CCCN(C(C)C(=O)Nc2ccc([N+](=O)[O-])cc2Cl)C1. The van der Waals surface area contributed by atoms with Crippen molar-refractivity contribution in [2.24, 2.45) is 5.92 Å². The topological polar surface area (TPSA) is 75.5 Å². The summed E-state index contributed by atoms with van der Waals surface area (Å²) in [6, 6.07) is 3.78. The Labute approximate surface area is 134 Å². The van der Waals surface area contributed by atoms with Crippen molar-refractivity contribution in [3.05, 3.63) is 33.3 Å². The van der Waals surface area contributed by atoms with Gasteiger partial charge in [0.2, 0.25) is 5.91 Å². The highest BCUT2D eigenvalue weighted by atomic mass is 35.5. The lowest BCUT2D eigenvalue weighted by Crippen LogP contribution is -2.46. The van der Waals surface area contributed by atoms with Crippen LogP contribution in [0.1, 0.15) is 26.7 Å². The van der Waals surface area contributed by atoms with Crippen molar-refractivity contribution >= 4 is 28.9 Å². The predicted octanol–water partition coefficient (Wildman–Crippen LogP) is 3.31. The number of anilines is 1. The lowest BCUT2D eigenvalue weighted by Gasteiger charge is -2.34. The van der Waals surface area contributed by atoms with Crippen LogP contribution >= 0.6 is 11.6 Å². The van der Waals surface area contributed by atoms with Crippen molar-refractivity contribution in [3.8, 4) is 0 Å². The van der Waals surface area contributed by atoms with E-state index in [0.717, 1.165) is 19.5 Å². The number of likely N-dealkylation sites (tertiary alicyclic amines) is 1. The normalized spacial score (nSPS) is 20.4. The lowest BCUT2D eigenvalue weighted by atomic mass is 9.99. The molecule has 1 aliphatic heterocycles. The molecule has 0 aliphatic carbocycles. The molecule has 2 atom stereocenters. The summed E-state index contributed by atoms with van der Waals surface area (Å²) in [7, 11) is 0. The van der Waals surface area contributed by atoms with E-state index in [9.17, 15) is 14.9 Å².